The topological polar surface area (TPSA) is 107 Å². The molecule has 0 bridgehead atoms. The fraction of sp³-hybridized carbons (Fsp3) is 0.375. The van der Waals surface area contributed by atoms with Gasteiger partial charge in [-0.1, -0.05) is 0 Å². The third kappa shape index (κ3) is 3.87. The molecule has 1 aromatic rings. The van der Waals surface area contributed by atoms with Gasteiger partial charge < -0.3 is 19.5 Å². The van der Waals surface area contributed by atoms with Gasteiger partial charge in [0.05, 0.1) is 18.6 Å². The quantitative estimate of drug-likeness (QED) is 0.793. The molecule has 9 heteroatoms. The van der Waals surface area contributed by atoms with Crippen LogP contribution in [-0.2, 0) is 19.1 Å². The molecule has 0 aromatic heterocycles. The minimum Gasteiger partial charge on any atom is -0.454 e. The van der Waals surface area contributed by atoms with E-state index in [9.17, 15) is 14.4 Å². The Hall–Kier alpha value is -3.10. The first-order valence-electron chi connectivity index (χ1n) is 7.65. The van der Waals surface area contributed by atoms with Gasteiger partial charge in [-0.3, -0.25) is 14.4 Å². The Kier molecular flexibility index (Phi) is 4.55. The average Bonchev–Trinajstić information content (AvgIpc) is 3.13. The lowest BCUT2D eigenvalue weighted by Gasteiger charge is -2.13. The zero-order chi connectivity index (χ0) is 18.0. The summed E-state index contributed by atoms with van der Waals surface area (Å²) in [4.78, 5) is 35.4. The highest BCUT2D eigenvalue weighted by Crippen LogP contribution is 2.34. The molecule has 2 amide bonds. The summed E-state index contributed by atoms with van der Waals surface area (Å²) < 4.78 is 15.5. The number of carbonyl (C=O) groups is 3. The van der Waals surface area contributed by atoms with E-state index in [1.807, 2.05) is 0 Å². The molecule has 0 saturated heterocycles. The number of carbonyl (C=O) groups excluding carboxylic acids is 3. The number of esters is 1. The lowest BCUT2D eigenvalue weighted by atomic mass is 10.2. The van der Waals surface area contributed by atoms with Crippen LogP contribution >= 0.6 is 0 Å². The molecule has 2 aliphatic rings. The van der Waals surface area contributed by atoms with E-state index in [0.29, 0.717) is 22.9 Å². The van der Waals surface area contributed by atoms with Gasteiger partial charge >= 0.3 is 5.97 Å². The number of ether oxygens (including phenoxy) is 3. The summed E-state index contributed by atoms with van der Waals surface area (Å²) in [6, 6.07) is 4.97. The van der Waals surface area contributed by atoms with Gasteiger partial charge in [0.1, 0.15) is 0 Å². The van der Waals surface area contributed by atoms with E-state index in [1.54, 1.807) is 18.2 Å². The van der Waals surface area contributed by atoms with Crippen LogP contribution in [0.15, 0.2) is 23.3 Å². The van der Waals surface area contributed by atoms with Gasteiger partial charge in [0.2, 0.25) is 12.7 Å². The van der Waals surface area contributed by atoms with Crippen LogP contribution in [0.3, 0.4) is 0 Å². The van der Waals surface area contributed by atoms with Crippen LogP contribution in [0.5, 0.6) is 11.5 Å². The number of hydrazone groups is 1. The van der Waals surface area contributed by atoms with Crippen molar-refractivity contribution in [3.05, 3.63) is 18.2 Å². The van der Waals surface area contributed by atoms with Crippen LogP contribution in [0.2, 0.25) is 0 Å². The van der Waals surface area contributed by atoms with Gasteiger partial charge in [0.15, 0.2) is 17.6 Å². The van der Waals surface area contributed by atoms with E-state index < -0.39 is 18.0 Å². The Morgan fingerprint density at radius 2 is 2.12 bits per heavy atom. The maximum Gasteiger partial charge on any atom is 0.312 e. The Labute approximate surface area is 143 Å². The molecule has 0 fully saturated rings. The number of nitrogens with one attached hydrogen (secondary N) is 1. The molecule has 2 aliphatic heterocycles. The first-order valence-corrected chi connectivity index (χ1v) is 7.65. The second kappa shape index (κ2) is 6.80. The van der Waals surface area contributed by atoms with Crippen molar-refractivity contribution in [3.8, 4) is 11.5 Å². The molecule has 0 radical (unpaired) electrons. The van der Waals surface area contributed by atoms with Crippen LogP contribution in [0, 0.1) is 0 Å². The summed E-state index contributed by atoms with van der Waals surface area (Å²) >= 11 is 0. The number of hydrogen-bond acceptors (Lipinski definition) is 7. The molecule has 9 nitrogen and oxygen atoms in total. The smallest absolute Gasteiger partial charge is 0.312 e. The third-order valence-corrected chi connectivity index (χ3v) is 3.67. The van der Waals surface area contributed by atoms with E-state index in [4.69, 9.17) is 14.2 Å². The molecule has 0 spiro atoms. The van der Waals surface area contributed by atoms with Crippen molar-refractivity contribution in [2.24, 2.45) is 5.10 Å². The van der Waals surface area contributed by atoms with E-state index in [1.165, 1.54) is 19.0 Å². The molecule has 1 atom stereocenters. The maximum atomic E-state index is 12.1. The molecule has 25 heavy (non-hydrogen) atoms. The van der Waals surface area contributed by atoms with E-state index in [-0.39, 0.29) is 25.5 Å². The number of rotatable bonds is 5. The summed E-state index contributed by atoms with van der Waals surface area (Å²) in [5.41, 5.74) is 0.922. The summed E-state index contributed by atoms with van der Waals surface area (Å²) in [5.74, 6) is -0.134. The van der Waals surface area contributed by atoms with Crippen molar-refractivity contribution in [1.82, 2.24) is 5.01 Å². The van der Waals surface area contributed by atoms with E-state index in [2.05, 4.69) is 10.4 Å². The first-order chi connectivity index (χ1) is 11.9. The number of amides is 2. The van der Waals surface area contributed by atoms with Gasteiger partial charge in [-0.15, -0.1) is 0 Å². The van der Waals surface area contributed by atoms with Crippen molar-refractivity contribution in [1.29, 1.82) is 0 Å². The van der Waals surface area contributed by atoms with Gasteiger partial charge in [0, 0.05) is 18.8 Å². The Morgan fingerprint density at radius 3 is 2.84 bits per heavy atom. The summed E-state index contributed by atoms with van der Waals surface area (Å²) in [7, 11) is 1.52. The number of benzene rings is 1. The predicted molar refractivity (Wildman–Crippen MR) is 86.2 cm³/mol. The lowest BCUT2D eigenvalue weighted by molar-refractivity contribution is -0.151. The Bertz CT molecular complexity index is 760. The second-order valence-corrected chi connectivity index (χ2v) is 5.63. The molecular formula is C16H17N3O6. The molecule has 3 rings (SSSR count). The second-order valence-electron chi connectivity index (χ2n) is 5.63. The first kappa shape index (κ1) is 16.7. The van der Waals surface area contributed by atoms with Crippen molar-refractivity contribution in [3.63, 3.8) is 0 Å². The minimum atomic E-state index is -0.992. The van der Waals surface area contributed by atoms with E-state index in [0.717, 1.165) is 0 Å². The third-order valence-electron chi connectivity index (χ3n) is 3.67. The zero-order valence-corrected chi connectivity index (χ0v) is 13.8. The Balaban J connectivity index is 1.51. The van der Waals surface area contributed by atoms with Crippen molar-refractivity contribution >= 4 is 29.2 Å². The number of nitrogens with zero attached hydrogens (tertiary/aromatic N) is 2. The summed E-state index contributed by atoms with van der Waals surface area (Å²) in [6.07, 6.45) is -1.03. The molecular weight excluding hydrogens is 330 g/mol. The monoisotopic (exact) mass is 347 g/mol. The molecule has 1 aromatic carbocycles. The summed E-state index contributed by atoms with van der Waals surface area (Å²) in [5, 5.41) is 7.76. The van der Waals surface area contributed by atoms with Gasteiger partial charge in [-0.2, -0.15) is 5.10 Å². The van der Waals surface area contributed by atoms with Crippen LogP contribution in [0.25, 0.3) is 0 Å². The molecule has 132 valence electrons. The number of anilines is 1. The molecule has 0 unspecified atom stereocenters. The number of hydrogen-bond donors (Lipinski definition) is 1. The molecule has 1 N–H and O–H groups in total. The van der Waals surface area contributed by atoms with Crippen LogP contribution < -0.4 is 14.8 Å². The minimum absolute atomic E-state index is 0.0867. The van der Waals surface area contributed by atoms with E-state index >= 15 is 0 Å². The van der Waals surface area contributed by atoms with Crippen LogP contribution in [0.1, 0.15) is 19.8 Å². The lowest BCUT2D eigenvalue weighted by Crippen LogP contribution is -2.30. The highest BCUT2D eigenvalue weighted by molar-refractivity contribution is 6.11. The highest BCUT2D eigenvalue weighted by Gasteiger charge is 2.25. The maximum absolute atomic E-state index is 12.1. The van der Waals surface area contributed by atoms with Crippen LogP contribution in [-0.4, -0.2) is 48.4 Å². The fourth-order valence-corrected chi connectivity index (χ4v) is 2.37. The Morgan fingerprint density at radius 1 is 1.36 bits per heavy atom. The predicted octanol–water partition coefficient (Wildman–Crippen LogP) is 0.894. The van der Waals surface area contributed by atoms with Crippen molar-refractivity contribution in [2.45, 2.75) is 25.9 Å². The zero-order valence-electron chi connectivity index (χ0n) is 13.8. The van der Waals surface area contributed by atoms with Crippen LogP contribution in [0.4, 0.5) is 5.69 Å². The molecule has 0 aliphatic carbocycles. The number of fused-ring (bicyclic) bond motifs is 1. The summed E-state index contributed by atoms with van der Waals surface area (Å²) in [6.45, 7) is 1.61. The average molecular weight is 347 g/mol. The normalized spacial score (nSPS) is 16.5. The van der Waals surface area contributed by atoms with Crippen molar-refractivity contribution in [2.75, 3.05) is 19.2 Å². The SMILES string of the molecule is C[C@H](OC(=O)CC1=NN(C)C(=O)C1)C(=O)Nc1ccc2c(c1)OCO2. The fourth-order valence-electron chi connectivity index (χ4n) is 2.37. The highest BCUT2D eigenvalue weighted by atomic mass is 16.7. The van der Waals surface area contributed by atoms with Crippen molar-refractivity contribution < 1.29 is 28.6 Å². The molecule has 0 saturated carbocycles. The van der Waals surface area contributed by atoms with Gasteiger partial charge in [-0.25, -0.2) is 5.01 Å². The molecule has 2 heterocycles. The largest absolute Gasteiger partial charge is 0.454 e. The standard InChI is InChI=1S/C16H17N3O6/c1-9(25-15(21)7-11-6-14(20)19(2)18-11)16(22)17-10-3-4-12-13(5-10)24-8-23-12/h3-5,9H,6-8H2,1-2H3,(H,17,22)/t9-/m0/s1. The van der Waals surface area contributed by atoms with Gasteiger partial charge in [-0.05, 0) is 19.1 Å². The van der Waals surface area contributed by atoms with Gasteiger partial charge in [0.25, 0.3) is 5.91 Å².